The fraction of sp³-hybridized carbons (Fsp3) is 0.333. The molecule has 3 atom stereocenters. The van der Waals surface area contributed by atoms with Crippen LogP contribution in [0.3, 0.4) is 0 Å². The Bertz CT molecular complexity index is 947. The van der Waals surface area contributed by atoms with Crippen molar-refractivity contribution in [1.82, 2.24) is 0 Å². The maximum absolute atomic E-state index is 13.3. The summed E-state index contributed by atoms with van der Waals surface area (Å²) in [4.78, 5) is 26.2. The first-order valence-electron chi connectivity index (χ1n) is 9.39. The Morgan fingerprint density at radius 2 is 1.96 bits per heavy atom. The third-order valence-corrected chi connectivity index (χ3v) is 6.32. The molecule has 2 aliphatic rings. The molecule has 0 aliphatic heterocycles. The molecule has 1 N–H and O–H groups in total. The highest BCUT2D eigenvalue weighted by Gasteiger charge is 2.54. The van der Waals surface area contributed by atoms with Gasteiger partial charge in [-0.3, -0.25) is 9.59 Å². The molecule has 0 radical (unpaired) electrons. The molecule has 0 fully saturated rings. The number of fused-ring (bicyclic) bond motifs is 1. The van der Waals surface area contributed by atoms with Gasteiger partial charge in [0.25, 0.3) is 0 Å². The van der Waals surface area contributed by atoms with Gasteiger partial charge < -0.3 is 9.84 Å². The van der Waals surface area contributed by atoms with Crippen LogP contribution in [0.15, 0.2) is 59.7 Å². The molecule has 4 nitrogen and oxygen atoms in total. The lowest BCUT2D eigenvalue weighted by Crippen LogP contribution is -2.51. The van der Waals surface area contributed by atoms with E-state index in [0.29, 0.717) is 23.3 Å². The van der Waals surface area contributed by atoms with Gasteiger partial charge in [0.15, 0.2) is 23.1 Å². The molecular weight excluding hydrogens is 352 g/mol. The number of phenolic OH excluding ortho intramolecular Hbond substituents is 1. The van der Waals surface area contributed by atoms with E-state index < -0.39 is 5.41 Å². The number of Topliss-reactive ketones (excluding diaryl/α,β-unsaturated/α-hetero) is 2. The molecule has 146 valence electrons. The van der Waals surface area contributed by atoms with Crippen molar-refractivity contribution >= 4 is 17.6 Å². The van der Waals surface area contributed by atoms with Crippen LogP contribution in [0.2, 0.25) is 0 Å². The van der Waals surface area contributed by atoms with Crippen molar-refractivity contribution in [3.63, 3.8) is 0 Å². The summed E-state index contributed by atoms with van der Waals surface area (Å²) in [6.45, 7) is 9.30. The molecule has 0 spiro atoms. The zero-order chi connectivity index (χ0) is 20.6. The highest BCUT2D eigenvalue weighted by Crippen LogP contribution is 2.52. The van der Waals surface area contributed by atoms with Crippen molar-refractivity contribution in [3.8, 4) is 11.5 Å². The van der Waals surface area contributed by atoms with Gasteiger partial charge in [-0.1, -0.05) is 43.9 Å². The number of carbonyl (C=O) groups excluding carboxylic acids is 2. The Morgan fingerprint density at radius 3 is 2.61 bits per heavy atom. The van der Waals surface area contributed by atoms with Gasteiger partial charge in [0.1, 0.15) is 0 Å². The fourth-order valence-electron chi connectivity index (χ4n) is 4.41. The summed E-state index contributed by atoms with van der Waals surface area (Å²) in [5, 5.41) is 9.79. The lowest BCUT2D eigenvalue weighted by Gasteiger charge is -2.47. The van der Waals surface area contributed by atoms with Crippen LogP contribution in [0.25, 0.3) is 6.08 Å². The summed E-state index contributed by atoms with van der Waals surface area (Å²) >= 11 is 0. The number of hydrogen-bond acceptors (Lipinski definition) is 4. The van der Waals surface area contributed by atoms with Crippen LogP contribution >= 0.6 is 0 Å². The van der Waals surface area contributed by atoms with E-state index in [0.717, 1.165) is 11.1 Å². The second-order valence-electron chi connectivity index (χ2n) is 7.69. The van der Waals surface area contributed by atoms with Crippen molar-refractivity contribution in [2.45, 2.75) is 27.2 Å². The summed E-state index contributed by atoms with van der Waals surface area (Å²) in [6, 6.07) is 5.08. The number of methoxy groups -OCH3 is 1. The van der Waals surface area contributed by atoms with Crippen LogP contribution in [-0.2, 0) is 9.59 Å². The van der Waals surface area contributed by atoms with E-state index in [4.69, 9.17) is 4.74 Å². The molecule has 0 unspecified atom stereocenters. The van der Waals surface area contributed by atoms with Crippen molar-refractivity contribution in [2.24, 2.45) is 17.3 Å². The number of rotatable bonds is 4. The Labute approximate surface area is 165 Å². The van der Waals surface area contributed by atoms with Gasteiger partial charge in [-0.2, -0.15) is 0 Å². The molecule has 0 aromatic heterocycles. The molecule has 0 saturated heterocycles. The fourth-order valence-corrected chi connectivity index (χ4v) is 4.41. The van der Waals surface area contributed by atoms with Crippen LogP contribution in [-0.4, -0.2) is 23.8 Å². The van der Waals surface area contributed by atoms with Crippen LogP contribution in [0.4, 0.5) is 0 Å². The molecule has 3 rings (SSSR count). The van der Waals surface area contributed by atoms with Gasteiger partial charge in [-0.25, -0.2) is 0 Å². The standard InChI is InChI=1S/C24H26O4/c1-6-17-9-11-19-22(26)14(2)15(3)23(27)24(19,4)18(17)10-7-16-8-12-20(25)21(13-16)28-5/h6-10,12-13,18-19,25H,1,11H2,2-5H3/t18-,19-,24-/m0/s1. The number of hydrogen-bond donors (Lipinski definition) is 1. The van der Waals surface area contributed by atoms with E-state index in [1.54, 1.807) is 38.1 Å². The minimum atomic E-state index is -0.837. The number of carbonyl (C=O) groups is 2. The first-order chi connectivity index (χ1) is 13.2. The maximum atomic E-state index is 13.3. The van der Waals surface area contributed by atoms with Crippen LogP contribution in [0.5, 0.6) is 11.5 Å². The van der Waals surface area contributed by atoms with Crippen molar-refractivity contribution in [2.75, 3.05) is 7.11 Å². The largest absolute Gasteiger partial charge is 0.504 e. The number of phenols is 1. The van der Waals surface area contributed by atoms with Crippen LogP contribution in [0, 0.1) is 17.3 Å². The molecule has 0 saturated carbocycles. The van der Waals surface area contributed by atoms with E-state index in [1.165, 1.54) is 7.11 Å². The van der Waals surface area contributed by atoms with E-state index in [1.807, 2.05) is 25.2 Å². The van der Waals surface area contributed by atoms with Gasteiger partial charge in [-0.15, -0.1) is 0 Å². The summed E-state index contributed by atoms with van der Waals surface area (Å²) in [5.74, 6) is -0.0869. The highest BCUT2D eigenvalue weighted by atomic mass is 16.5. The van der Waals surface area contributed by atoms with Gasteiger partial charge in [0, 0.05) is 11.8 Å². The highest BCUT2D eigenvalue weighted by molar-refractivity contribution is 6.15. The summed E-state index contributed by atoms with van der Waals surface area (Å²) in [5.41, 5.74) is 2.08. The molecule has 1 aromatic rings. The normalized spacial score (nSPS) is 27.6. The van der Waals surface area contributed by atoms with Crippen molar-refractivity contribution in [3.05, 3.63) is 65.3 Å². The van der Waals surface area contributed by atoms with Gasteiger partial charge in [0.2, 0.25) is 0 Å². The van der Waals surface area contributed by atoms with Gasteiger partial charge in [-0.05, 0) is 54.7 Å². The lowest BCUT2D eigenvalue weighted by atomic mass is 9.53. The molecule has 4 heteroatoms. The third kappa shape index (κ3) is 2.93. The summed E-state index contributed by atoms with van der Waals surface area (Å²) in [6.07, 6.45) is 8.20. The molecule has 0 amide bonds. The van der Waals surface area contributed by atoms with E-state index in [2.05, 4.69) is 6.58 Å². The van der Waals surface area contributed by atoms with Gasteiger partial charge in [0.05, 0.1) is 12.5 Å². The quantitative estimate of drug-likeness (QED) is 0.828. The van der Waals surface area contributed by atoms with Crippen LogP contribution in [0.1, 0.15) is 32.8 Å². The SMILES string of the molecule is C=CC1=CC[C@H]2C(=O)C(C)=C(C)C(=O)[C@@]2(C)[C@H]1C=Cc1ccc(O)c(OC)c1. The molecule has 0 heterocycles. The monoisotopic (exact) mass is 378 g/mol. The van der Waals surface area contributed by atoms with Gasteiger partial charge >= 0.3 is 0 Å². The van der Waals surface area contributed by atoms with Crippen LogP contribution < -0.4 is 4.74 Å². The first kappa shape index (κ1) is 19.9. The average Bonchev–Trinajstić information content (AvgIpc) is 2.70. The Kier molecular flexibility index (Phi) is 5.16. The predicted molar refractivity (Wildman–Crippen MR) is 110 cm³/mol. The lowest BCUT2D eigenvalue weighted by molar-refractivity contribution is -0.139. The molecular formula is C24H26O4. The Hall–Kier alpha value is -2.88. The predicted octanol–water partition coefficient (Wildman–Crippen LogP) is 4.66. The van der Waals surface area contributed by atoms with E-state index in [-0.39, 0.29) is 29.2 Å². The first-order valence-corrected chi connectivity index (χ1v) is 9.39. The molecule has 1 aromatic carbocycles. The van der Waals surface area contributed by atoms with Crippen molar-refractivity contribution in [1.29, 1.82) is 0 Å². The number of ether oxygens (including phenoxy) is 1. The second-order valence-corrected chi connectivity index (χ2v) is 7.69. The van der Waals surface area contributed by atoms with E-state index >= 15 is 0 Å². The number of aromatic hydroxyl groups is 1. The summed E-state index contributed by atoms with van der Waals surface area (Å²) in [7, 11) is 1.50. The number of ketones is 2. The minimum absolute atomic E-state index is 0.0278. The average molecular weight is 378 g/mol. The zero-order valence-electron chi connectivity index (χ0n) is 16.8. The zero-order valence-corrected chi connectivity index (χ0v) is 16.8. The number of allylic oxidation sites excluding steroid dienone is 6. The Balaban J connectivity index is 2.08. The smallest absolute Gasteiger partial charge is 0.166 e. The number of benzene rings is 1. The third-order valence-electron chi connectivity index (χ3n) is 6.32. The molecule has 2 aliphatic carbocycles. The molecule has 28 heavy (non-hydrogen) atoms. The van der Waals surface area contributed by atoms with Crippen molar-refractivity contribution < 1.29 is 19.4 Å². The Morgan fingerprint density at radius 1 is 1.25 bits per heavy atom. The summed E-state index contributed by atoms with van der Waals surface area (Å²) < 4.78 is 5.17. The molecule has 0 bridgehead atoms. The second kappa shape index (κ2) is 7.27. The van der Waals surface area contributed by atoms with E-state index in [9.17, 15) is 14.7 Å². The minimum Gasteiger partial charge on any atom is -0.504 e. The maximum Gasteiger partial charge on any atom is 0.166 e. The topological polar surface area (TPSA) is 63.6 Å².